The first-order chi connectivity index (χ1) is 12.6. The number of hydrogen-bond acceptors (Lipinski definition) is 3. The van der Waals surface area contributed by atoms with Gasteiger partial charge in [0, 0.05) is 5.92 Å². The van der Waals surface area contributed by atoms with Gasteiger partial charge >= 0.3 is 5.97 Å². The van der Waals surface area contributed by atoms with E-state index < -0.39 is 5.60 Å². The summed E-state index contributed by atoms with van der Waals surface area (Å²) in [4.78, 5) is 12.7. The van der Waals surface area contributed by atoms with Gasteiger partial charge in [0.05, 0.1) is 5.57 Å². The van der Waals surface area contributed by atoms with Crippen molar-refractivity contribution >= 4 is 5.97 Å². The third-order valence-corrected chi connectivity index (χ3v) is 5.59. The van der Waals surface area contributed by atoms with Gasteiger partial charge in [-0.15, -0.1) is 0 Å². The van der Waals surface area contributed by atoms with Crippen LogP contribution in [0.4, 0.5) is 0 Å². The van der Waals surface area contributed by atoms with E-state index in [2.05, 4.69) is 12.1 Å². The van der Waals surface area contributed by atoms with Gasteiger partial charge < -0.3 is 9.84 Å². The highest BCUT2D eigenvalue weighted by Gasteiger charge is 2.50. The zero-order valence-electron chi connectivity index (χ0n) is 15.0. The predicted molar refractivity (Wildman–Crippen MR) is 101 cm³/mol. The van der Waals surface area contributed by atoms with E-state index in [1.807, 2.05) is 55.5 Å². The van der Waals surface area contributed by atoms with Crippen molar-refractivity contribution in [3.63, 3.8) is 0 Å². The molecule has 1 saturated carbocycles. The fourth-order valence-electron chi connectivity index (χ4n) is 3.93. The summed E-state index contributed by atoms with van der Waals surface area (Å²) in [5.41, 5.74) is 1.78. The summed E-state index contributed by atoms with van der Waals surface area (Å²) in [6, 6.07) is 20.1. The molecule has 1 heterocycles. The SMILES string of the molecule is CC1(CCc2ccccc2)OC(=O)C(C(c2ccccc2)C2CC2)=C1O. The topological polar surface area (TPSA) is 46.5 Å². The molecule has 134 valence electrons. The molecule has 0 spiro atoms. The standard InChI is InChI=1S/C23H24O3/c1-23(15-14-16-8-4-2-5-9-16)21(24)20(22(25)26-23)19(18-12-13-18)17-10-6-3-7-11-17/h2-11,18-19,24H,12-15H2,1H3. The number of aryl methyl sites for hydroxylation is 1. The van der Waals surface area contributed by atoms with Crippen molar-refractivity contribution < 1.29 is 14.6 Å². The van der Waals surface area contributed by atoms with Gasteiger partial charge in [-0.2, -0.15) is 0 Å². The summed E-state index contributed by atoms with van der Waals surface area (Å²) >= 11 is 0. The van der Waals surface area contributed by atoms with Crippen LogP contribution in [0.15, 0.2) is 72.0 Å². The van der Waals surface area contributed by atoms with Crippen LogP contribution < -0.4 is 0 Å². The van der Waals surface area contributed by atoms with Crippen LogP contribution in [0.3, 0.4) is 0 Å². The highest BCUT2D eigenvalue weighted by atomic mass is 16.6. The van der Waals surface area contributed by atoms with Crippen molar-refractivity contribution in [2.75, 3.05) is 0 Å². The molecule has 2 unspecified atom stereocenters. The molecule has 3 heteroatoms. The molecule has 3 nitrogen and oxygen atoms in total. The van der Waals surface area contributed by atoms with Crippen molar-refractivity contribution in [1.29, 1.82) is 0 Å². The molecule has 2 atom stereocenters. The number of aliphatic hydroxyl groups excluding tert-OH is 1. The average Bonchev–Trinajstić information content (AvgIpc) is 3.47. The molecule has 0 aromatic heterocycles. The number of rotatable bonds is 6. The Bertz CT molecular complexity index is 821. The predicted octanol–water partition coefficient (Wildman–Crippen LogP) is 4.94. The maximum atomic E-state index is 12.7. The fourth-order valence-corrected chi connectivity index (χ4v) is 3.93. The monoisotopic (exact) mass is 348 g/mol. The smallest absolute Gasteiger partial charge is 0.339 e. The van der Waals surface area contributed by atoms with Gasteiger partial charge in [-0.25, -0.2) is 4.79 Å². The van der Waals surface area contributed by atoms with Crippen LogP contribution in [0.1, 0.15) is 43.2 Å². The van der Waals surface area contributed by atoms with E-state index in [4.69, 9.17) is 4.74 Å². The van der Waals surface area contributed by atoms with Crippen molar-refractivity contribution in [3.05, 3.63) is 83.1 Å². The maximum absolute atomic E-state index is 12.7. The van der Waals surface area contributed by atoms with Crippen LogP contribution in [0.25, 0.3) is 0 Å². The zero-order valence-corrected chi connectivity index (χ0v) is 15.0. The Balaban J connectivity index is 1.63. The van der Waals surface area contributed by atoms with Gasteiger partial charge in [0.1, 0.15) is 5.76 Å². The van der Waals surface area contributed by atoms with Gasteiger partial charge in [-0.1, -0.05) is 60.7 Å². The molecule has 4 rings (SSSR count). The van der Waals surface area contributed by atoms with Gasteiger partial charge in [0.15, 0.2) is 5.60 Å². The molecule has 1 fully saturated rings. The number of esters is 1. The molecular formula is C23H24O3. The molecule has 2 aliphatic rings. The van der Waals surface area contributed by atoms with E-state index in [0.717, 1.165) is 24.8 Å². The van der Waals surface area contributed by atoms with E-state index in [1.54, 1.807) is 0 Å². The minimum Gasteiger partial charge on any atom is -0.507 e. The van der Waals surface area contributed by atoms with Gasteiger partial charge in [-0.3, -0.25) is 0 Å². The quantitative estimate of drug-likeness (QED) is 0.752. The van der Waals surface area contributed by atoms with Crippen molar-refractivity contribution in [1.82, 2.24) is 0 Å². The number of hydrogen-bond donors (Lipinski definition) is 1. The summed E-state index contributed by atoms with van der Waals surface area (Å²) in [6.07, 6.45) is 3.50. The fraction of sp³-hybridized carbons (Fsp3) is 0.348. The van der Waals surface area contributed by atoms with Crippen LogP contribution in [0.5, 0.6) is 0 Å². The van der Waals surface area contributed by atoms with Crippen LogP contribution in [-0.4, -0.2) is 16.7 Å². The minimum absolute atomic E-state index is 0.0674. The van der Waals surface area contributed by atoms with Gasteiger partial charge in [0.25, 0.3) is 0 Å². The molecule has 0 amide bonds. The molecule has 0 radical (unpaired) electrons. The highest BCUT2D eigenvalue weighted by Crippen LogP contribution is 2.51. The molecule has 1 N–H and O–H groups in total. The number of ether oxygens (including phenoxy) is 1. The average molecular weight is 348 g/mol. The molecular weight excluding hydrogens is 324 g/mol. The van der Waals surface area contributed by atoms with Crippen molar-refractivity contribution in [2.24, 2.45) is 5.92 Å². The summed E-state index contributed by atoms with van der Waals surface area (Å²) in [5, 5.41) is 11.0. The Kier molecular flexibility index (Phi) is 4.31. The lowest BCUT2D eigenvalue weighted by Crippen LogP contribution is -2.28. The van der Waals surface area contributed by atoms with Crippen molar-refractivity contribution in [3.8, 4) is 0 Å². The minimum atomic E-state index is -0.940. The van der Waals surface area contributed by atoms with E-state index in [9.17, 15) is 9.90 Å². The van der Waals surface area contributed by atoms with Crippen LogP contribution in [0, 0.1) is 5.92 Å². The zero-order chi connectivity index (χ0) is 18.1. The van der Waals surface area contributed by atoms with E-state index in [0.29, 0.717) is 17.9 Å². The third kappa shape index (κ3) is 3.14. The lowest BCUT2D eigenvalue weighted by atomic mass is 9.84. The van der Waals surface area contributed by atoms with Crippen LogP contribution in [0.2, 0.25) is 0 Å². The second kappa shape index (κ2) is 6.64. The summed E-state index contributed by atoms with van der Waals surface area (Å²) < 4.78 is 5.71. The molecule has 0 bridgehead atoms. The molecule has 2 aromatic carbocycles. The maximum Gasteiger partial charge on any atom is 0.339 e. The first-order valence-electron chi connectivity index (χ1n) is 9.34. The van der Waals surface area contributed by atoms with E-state index in [1.165, 1.54) is 5.56 Å². The van der Waals surface area contributed by atoms with Crippen LogP contribution in [-0.2, 0) is 16.0 Å². The normalized spacial score (nSPS) is 23.8. The molecule has 1 aliphatic carbocycles. The number of benzene rings is 2. The van der Waals surface area contributed by atoms with Crippen molar-refractivity contribution in [2.45, 2.75) is 44.1 Å². The largest absolute Gasteiger partial charge is 0.507 e. The lowest BCUT2D eigenvalue weighted by molar-refractivity contribution is -0.147. The van der Waals surface area contributed by atoms with Gasteiger partial charge in [-0.05, 0) is 49.7 Å². The number of carbonyl (C=O) groups excluding carboxylic acids is 1. The second-order valence-electron chi connectivity index (χ2n) is 7.59. The molecule has 1 aliphatic heterocycles. The summed E-state index contributed by atoms with van der Waals surface area (Å²) in [6.45, 7) is 1.82. The Morgan fingerprint density at radius 2 is 1.69 bits per heavy atom. The first-order valence-corrected chi connectivity index (χ1v) is 9.34. The molecule has 0 saturated heterocycles. The Labute approximate surface area is 154 Å². The first kappa shape index (κ1) is 16.9. The Morgan fingerprint density at radius 1 is 1.08 bits per heavy atom. The number of carbonyl (C=O) groups is 1. The van der Waals surface area contributed by atoms with Crippen LogP contribution >= 0.6 is 0 Å². The third-order valence-electron chi connectivity index (χ3n) is 5.59. The molecule has 2 aromatic rings. The van der Waals surface area contributed by atoms with E-state index >= 15 is 0 Å². The number of aliphatic hydroxyl groups is 1. The Hall–Kier alpha value is -2.55. The number of cyclic esters (lactones) is 1. The highest BCUT2D eigenvalue weighted by molar-refractivity contribution is 5.94. The Morgan fingerprint density at radius 3 is 2.31 bits per heavy atom. The van der Waals surface area contributed by atoms with Gasteiger partial charge in [0.2, 0.25) is 0 Å². The summed E-state index contributed by atoms with van der Waals surface area (Å²) in [5.74, 6) is 0.110. The second-order valence-corrected chi connectivity index (χ2v) is 7.59. The molecule has 26 heavy (non-hydrogen) atoms. The summed E-state index contributed by atoms with van der Waals surface area (Å²) in [7, 11) is 0. The lowest BCUT2D eigenvalue weighted by Gasteiger charge is -2.23. The van der Waals surface area contributed by atoms with E-state index in [-0.39, 0.29) is 17.6 Å².